The van der Waals surface area contributed by atoms with E-state index in [1.54, 1.807) is 0 Å². The summed E-state index contributed by atoms with van der Waals surface area (Å²) in [5.41, 5.74) is 7.05. The highest BCUT2D eigenvalue weighted by Crippen LogP contribution is 2.41. The van der Waals surface area contributed by atoms with E-state index < -0.39 is 5.60 Å². The molecule has 1 aliphatic heterocycles. The Morgan fingerprint density at radius 2 is 2.19 bits per heavy atom. The zero-order chi connectivity index (χ0) is 15.0. The number of nitrogens with zero attached hydrogens (tertiary/aromatic N) is 1. The Morgan fingerprint density at radius 3 is 2.95 bits per heavy atom. The fourth-order valence-electron chi connectivity index (χ4n) is 3.83. The van der Waals surface area contributed by atoms with Crippen molar-refractivity contribution < 1.29 is 5.11 Å². The van der Waals surface area contributed by atoms with Crippen LogP contribution in [0.15, 0.2) is 22.7 Å². The SMILES string of the molecule is N=C(N)c1c(Br)cccc1N1CCC2(O)CCCCC2C1. The Labute approximate surface area is 134 Å². The predicted molar refractivity (Wildman–Crippen MR) is 88.9 cm³/mol. The number of hydrogen-bond donors (Lipinski definition) is 3. The average molecular weight is 352 g/mol. The van der Waals surface area contributed by atoms with Gasteiger partial charge in [0.1, 0.15) is 5.84 Å². The van der Waals surface area contributed by atoms with Crippen molar-refractivity contribution in [2.45, 2.75) is 37.7 Å². The maximum atomic E-state index is 10.8. The van der Waals surface area contributed by atoms with Crippen LogP contribution in [0, 0.1) is 11.3 Å². The number of piperidine rings is 1. The van der Waals surface area contributed by atoms with Crippen LogP contribution in [-0.4, -0.2) is 29.6 Å². The van der Waals surface area contributed by atoms with Crippen molar-refractivity contribution in [1.29, 1.82) is 5.41 Å². The molecule has 2 unspecified atom stereocenters. The van der Waals surface area contributed by atoms with Crippen molar-refractivity contribution in [2.24, 2.45) is 11.7 Å². The van der Waals surface area contributed by atoms with E-state index in [0.29, 0.717) is 5.92 Å². The van der Waals surface area contributed by atoms with E-state index in [1.165, 1.54) is 6.42 Å². The van der Waals surface area contributed by atoms with Crippen LogP contribution in [0.1, 0.15) is 37.7 Å². The fraction of sp³-hybridized carbons (Fsp3) is 0.562. The Balaban J connectivity index is 1.89. The Hall–Kier alpha value is -1.07. The molecule has 1 saturated carbocycles. The van der Waals surface area contributed by atoms with E-state index in [9.17, 15) is 5.11 Å². The van der Waals surface area contributed by atoms with Crippen molar-refractivity contribution in [3.05, 3.63) is 28.2 Å². The molecule has 21 heavy (non-hydrogen) atoms. The largest absolute Gasteiger partial charge is 0.389 e. The van der Waals surface area contributed by atoms with Gasteiger partial charge in [-0.1, -0.05) is 18.9 Å². The topological polar surface area (TPSA) is 73.3 Å². The summed E-state index contributed by atoms with van der Waals surface area (Å²) in [6, 6.07) is 5.92. The molecule has 2 fully saturated rings. The van der Waals surface area contributed by atoms with E-state index in [4.69, 9.17) is 11.1 Å². The minimum Gasteiger partial charge on any atom is -0.389 e. The molecule has 1 aromatic rings. The van der Waals surface area contributed by atoms with Crippen molar-refractivity contribution in [3.63, 3.8) is 0 Å². The number of nitrogens with one attached hydrogen (secondary N) is 1. The summed E-state index contributed by atoms with van der Waals surface area (Å²) in [4.78, 5) is 2.28. The normalized spacial score (nSPS) is 29.0. The number of hydrogen-bond acceptors (Lipinski definition) is 3. The molecule has 1 saturated heterocycles. The monoisotopic (exact) mass is 351 g/mol. The van der Waals surface area contributed by atoms with Crippen LogP contribution >= 0.6 is 15.9 Å². The summed E-state index contributed by atoms with van der Waals surface area (Å²) in [7, 11) is 0. The molecule has 3 rings (SSSR count). The molecule has 1 aromatic carbocycles. The Bertz CT molecular complexity index is 562. The third-order valence-electron chi connectivity index (χ3n) is 5.03. The number of nitrogen functional groups attached to an aromatic ring is 1. The van der Waals surface area contributed by atoms with Crippen LogP contribution in [0.4, 0.5) is 5.69 Å². The minimum atomic E-state index is -0.475. The van der Waals surface area contributed by atoms with Gasteiger partial charge in [-0.3, -0.25) is 5.41 Å². The minimum absolute atomic E-state index is 0.0851. The van der Waals surface area contributed by atoms with Crippen molar-refractivity contribution in [2.75, 3.05) is 18.0 Å². The number of amidine groups is 1. The van der Waals surface area contributed by atoms with Gasteiger partial charge in [0, 0.05) is 29.2 Å². The number of anilines is 1. The molecule has 114 valence electrons. The summed E-state index contributed by atoms with van der Waals surface area (Å²) in [6.07, 6.45) is 5.18. The van der Waals surface area contributed by atoms with E-state index in [1.807, 2.05) is 18.2 Å². The van der Waals surface area contributed by atoms with Gasteiger partial charge in [0.25, 0.3) is 0 Å². The summed E-state index contributed by atoms with van der Waals surface area (Å²) in [6.45, 7) is 1.68. The third kappa shape index (κ3) is 2.69. The molecule has 0 bridgehead atoms. The van der Waals surface area contributed by atoms with E-state index in [0.717, 1.165) is 54.5 Å². The first kappa shape index (κ1) is 14.9. The van der Waals surface area contributed by atoms with Gasteiger partial charge in [0.05, 0.1) is 11.2 Å². The number of halogens is 1. The van der Waals surface area contributed by atoms with Crippen molar-refractivity contribution in [1.82, 2.24) is 0 Å². The zero-order valence-electron chi connectivity index (χ0n) is 12.1. The first-order valence-electron chi connectivity index (χ1n) is 7.61. The Morgan fingerprint density at radius 1 is 1.38 bits per heavy atom. The molecule has 4 nitrogen and oxygen atoms in total. The molecule has 1 heterocycles. The number of benzene rings is 1. The highest BCUT2D eigenvalue weighted by atomic mass is 79.9. The lowest BCUT2D eigenvalue weighted by molar-refractivity contribution is -0.0612. The first-order valence-corrected chi connectivity index (χ1v) is 8.41. The molecular weight excluding hydrogens is 330 g/mol. The Kier molecular flexibility index (Phi) is 3.97. The fourth-order valence-corrected chi connectivity index (χ4v) is 4.40. The number of nitrogens with two attached hydrogens (primary N) is 1. The van der Waals surface area contributed by atoms with Gasteiger partial charge in [-0.25, -0.2) is 0 Å². The van der Waals surface area contributed by atoms with Crippen LogP contribution in [0.5, 0.6) is 0 Å². The van der Waals surface area contributed by atoms with Gasteiger partial charge in [0.2, 0.25) is 0 Å². The smallest absolute Gasteiger partial charge is 0.126 e. The lowest BCUT2D eigenvalue weighted by atomic mass is 9.71. The average Bonchev–Trinajstić information content (AvgIpc) is 2.45. The summed E-state index contributed by atoms with van der Waals surface area (Å²) in [5.74, 6) is 0.417. The van der Waals surface area contributed by atoms with Gasteiger partial charge in [-0.15, -0.1) is 0 Å². The van der Waals surface area contributed by atoms with E-state index in [-0.39, 0.29) is 5.84 Å². The van der Waals surface area contributed by atoms with Crippen LogP contribution in [-0.2, 0) is 0 Å². The molecular formula is C16H22BrN3O. The van der Waals surface area contributed by atoms with E-state index in [2.05, 4.69) is 20.8 Å². The van der Waals surface area contributed by atoms with Crippen molar-refractivity contribution in [3.8, 4) is 0 Å². The van der Waals surface area contributed by atoms with Gasteiger partial charge in [-0.05, 0) is 47.3 Å². The van der Waals surface area contributed by atoms with Crippen LogP contribution in [0.2, 0.25) is 0 Å². The standard InChI is InChI=1S/C16H22BrN3O/c17-12-5-3-6-13(14(12)15(18)19)20-9-8-16(21)7-2-1-4-11(16)10-20/h3,5-6,11,21H,1-2,4,7-10H2,(H3,18,19). The zero-order valence-corrected chi connectivity index (χ0v) is 13.7. The molecule has 0 aromatic heterocycles. The van der Waals surface area contributed by atoms with Crippen molar-refractivity contribution >= 4 is 27.5 Å². The molecule has 2 atom stereocenters. The number of rotatable bonds is 2. The van der Waals surface area contributed by atoms with Gasteiger partial charge < -0.3 is 15.7 Å². The molecule has 0 radical (unpaired) electrons. The summed E-state index contributed by atoms with van der Waals surface area (Å²) < 4.78 is 0.858. The first-order chi connectivity index (χ1) is 10.0. The molecule has 4 N–H and O–H groups in total. The second-order valence-corrected chi connectivity index (χ2v) is 7.14. The van der Waals surface area contributed by atoms with Crippen LogP contribution < -0.4 is 10.6 Å². The highest BCUT2D eigenvalue weighted by molar-refractivity contribution is 9.10. The van der Waals surface area contributed by atoms with Gasteiger partial charge in [-0.2, -0.15) is 0 Å². The van der Waals surface area contributed by atoms with Gasteiger partial charge >= 0.3 is 0 Å². The van der Waals surface area contributed by atoms with Gasteiger partial charge in [0.15, 0.2) is 0 Å². The maximum Gasteiger partial charge on any atom is 0.126 e. The second kappa shape index (κ2) is 5.61. The lowest BCUT2D eigenvalue weighted by Gasteiger charge is -2.48. The molecule has 0 amide bonds. The third-order valence-corrected chi connectivity index (χ3v) is 5.69. The lowest BCUT2D eigenvalue weighted by Crippen LogP contribution is -2.53. The predicted octanol–water partition coefficient (Wildman–Crippen LogP) is 2.86. The quantitative estimate of drug-likeness (QED) is 0.566. The summed E-state index contributed by atoms with van der Waals surface area (Å²) >= 11 is 3.50. The second-order valence-electron chi connectivity index (χ2n) is 6.29. The van der Waals surface area contributed by atoms with E-state index >= 15 is 0 Å². The van der Waals surface area contributed by atoms with Crippen LogP contribution in [0.25, 0.3) is 0 Å². The highest BCUT2D eigenvalue weighted by Gasteiger charge is 2.43. The molecule has 5 heteroatoms. The molecule has 2 aliphatic rings. The summed E-state index contributed by atoms with van der Waals surface area (Å²) in [5, 5.41) is 18.6. The maximum absolute atomic E-state index is 10.8. The molecule has 0 spiro atoms. The molecule has 1 aliphatic carbocycles. The number of aliphatic hydroxyl groups is 1. The van der Waals surface area contributed by atoms with Crippen LogP contribution in [0.3, 0.4) is 0 Å². The number of fused-ring (bicyclic) bond motifs is 1.